The molecule has 0 bridgehead atoms. The average Bonchev–Trinajstić information content (AvgIpc) is 3.12. The maximum Gasteiger partial charge on any atom is 0.215 e. The molecule has 2 aromatic heterocycles. The van der Waals surface area contributed by atoms with Crippen molar-refractivity contribution in [1.29, 1.82) is 0 Å². The van der Waals surface area contributed by atoms with Crippen LogP contribution < -0.4 is 14.8 Å². The van der Waals surface area contributed by atoms with E-state index in [4.69, 9.17) is 9.47 Å². The Bertz CT molecular complexity index is 1030. The summed E-state index contributed by atoms with van der Waals surface area (Å²) in [6, 6.07) is 13.4. The van der Waals surface area contributed by atoms with Crippen molar-refractivity contribution in [2.24, 2.45) is 0 Å². The first-order valence-corrected chi connectivity index (χ1v) is 7.37. The Morgan fingerprint density at radius 1 is 1.04 bits per heavy atom. The molecule has 0 fully saturated rings. The molecule has 0 aliphatic rings. The summed E-state index contributed by atoms with van der Waals surface area (Å²) < 4.78 is 12.5. The first-order chi connectivity index (χ1) is 11.8. The Labute approximate surface area is 137 Å². The largest absolute Gasteiger partial charge is 0.497 e. The number of hydrogen-bond donors (Lipinski definition) is 1. The van der Waals surface area contributed by atoms with Crippen LogP contribution in [0.4, 0.5) is 11.6 Å². The fraction of sp³-hybridized carbons (Fsp3) is 0.118. The third kappa shape index (κ3) is 2.26. The van der Waals surface area contributed by atoms with Gasteiger partial charge in [0.05, 0.1) is 25.4 Å². The van der Waals surface area contributed by atoms with E-state index < -0.39 is 0 Å². The highest BCUT2D eigenvalue weighted by Crippen LogP contribution is 2.31. The molecule has 24 heavy (non-hydrogen) atoms. The van der Waals surface area contributed by atoms with E-state index >= 15 is 0 Å². The lowest BCUT2D eigenvalue weighted by Crippen LogP contribution is -2.03. The SMILES string of the molecule is COc1ccc(Nc2nc3ccccc3c3nncn23)c(OC)c1. The molecule has 120 valence electrons. The van der Waals surface area contributed by atoms with Crippen molar-refractivity contribution in [3.8, 4) is 11.5 Å². The van der Waals surface area contributed by atoms with Crippen LogP contribution in [0, 0.1) is 0 Å². The molecule has 7 heteroatoms. The minimum absolute atomic E-state index is 0.608. The zero-order valence-electron chi connectivity index (χ0n) is 13.2. The molecule has 0 aliphatic carbocycles. The molecule has 1 N–H and O–H groups in total. The highest BCUT2D eigenvalue weighted by atomic mass is 16.5. The minimum atomic E-state index is 0.608. The van der Waals surface area contributed by atoms with Crippen LogP contribution in [0.5, 0.6) is 11.5 Å². The normalized spacial score (nSPS) is 10.9. The van der Waals surface area contributed by atoms with Crippen molar-refractivity contribution < 1.29 is 9.47 Å². The van der Waals surface area contributed by atoms with Gasteiger partial charge < -0.3 is 14.8 Å². The number of anilines is 2. The van der Waals surface area contributed by atoms with Crippen molar-refractivity contribution in [2.45, 2.75) is 0 Å². The number of benzene rings is 2. The van der Waals surface area contributed by atoms with Crippen LogP contribution in [-0.2, 0) is 0 Å². The highest BCUT2D eigenvalue weighted by molar-refractivity contribution is 5.92. The molecule has 2 heterocycles. The molecular formula is C17H15N5O2. The molecule has 0 amide bonds. The van der Waals surface area contributed by atoms with Gasteiger partial charge in [0.1, 0.15) is 17.8 Å². The van der Waals surface area contributed by atoms with Crippen molar-refractivity contribution in [1.82, 2.24) is 19.6 Å². The van der Waals surface area contributed by atoms with E-state index in [2.05, 4.69) is 20.5 Å². The van der Waals surface area contributed by atoms with Gasteiger partial charge in [-0.15, -0.1) is 10.2 Å². The molecular weight excluding hydrogens is 306 g/mol. The van der Waals surface area contributed by atoms with E-state index in [1.165, 1.54) is 0 Å². The molecule has 7 nitrogen and oxygen atoms in total. The van der Waals surface area contributed by atoms with Gasteiger partial charge in [0.2, 0.25) is 5.95 Å². The van der Waals surface area contributed by atoms with Gasteiger partial charge in [0.15, 0.2) is 5.65 Å². The third-order valence-electron chi connectivity index (χ3n) is 3.80. The van der Waals surface area contributed by atoms with Crippen LogP contribution in [0.15, 0.2) is 48.8 Å². The summed E-state index contributed by atoms with van der Waals surface area (Å²) in [5.74, 6) is 1.99. The van der Waals surface area contributed by atoms with Gasteiger partial charge in [-0.25, -0.2) is 4.98 Å². The molecule has 2 aromatic carbocycles. The van der Waals surface area contributed by atoms with E-state index in [9.17, 15) is 0 Å². The summed E-state index contributed by atoms with van der Waals surface area (Å²) in [5, 5.41) is 12.4. The quantitative estimate of drug-likeness (QED) is 0.623. The highest BCUT2D eigenvalue weighted by Gasteiger charge is 2.12. The second-order valence-electron chi connectivity index (χ2n) is 5.17. The molecule has 0 atom stereocenters. The monoisotopic (exact) mass is 321 g/mol. The van der Waals surface area contributed by atoms with Gasteiger partial charge in [-0.05, 0) is 24.3 Å². The van der Waals surface area contributed by atoms with Crippen molar-refractivity contribution in [3.63, 3.8) is 0 Å². The van der Waals surface area contributed by atoms with Gasteiger partial charge in [-0.3, -0.25) is 4.40 Å². The van der Waals surface area contributed by atoms with Gasteiger partial charge in [-0.2, -0.15) is 0 Å². The Morgan fingerprint density at radius 3 is 2.75 bits per heavy atom. The van der Waals surface area contributed by atoms with Crippen molar-refractivity contribution >= 4 is 28.2 Å². The summed E-state index contributed by atoms with van der Waals surface area (Å²) in [6.45, 7) is 0. The van der Waals surface area contributed by atoms with Gasteiger partial charge in [0.25, 0.3) is 0 Å². The van der Waals surface area contributed by atoms with Crippen LogP contribution in [0.1, 0.15) is 0 Å². The molecule has 4 rings (SSSR count). The first kappa shape index (κ1) is 14.3. The number of methoxy groups -OCH3 is 2. The average molecular weight is 321 g/mol. The molecule has 0 saturated carbocycles. The number of hydrogen-bond acceptors (Lipinski definition) is 6. The van der Waals surface area contributed by atoms with Gasteiger partial charge in [0, 0.05) is 11.5 Å². The van der Waals surface area contributed by atoms with Gasteiger partial charge in [-0.1, -0.05) is 12.1 Å². The number of aromatic nitrogens is 4. The number of fused-ring (bicyclic) bond motifs is 3. The molecule has 0 aliphatic heterocycles. The standard InChI is InChI=1S/C17H15N5O2/c1-23-11-7-8-14(15(9-11)24-2)20-17-19-13-6-4-3-5-12(13)16-21-18-10-22(16)17/h3-10H,1-2H3,(H,19,20). The predicted molar refractivity (Wildman–Crippen MR) is 91.1 cm³/mol. The smallest absolute Gasteiger partial charge is 0.215 e. The molecule has 0 radical (unpaired) electrons. The third-order valence-corrected chi connectivity index (χ3v) is 3.80. The number of rotatable bonds is 4. The Hall–Kier alpha value is -3.35. The van der Waals surface area contributed by atoms with E-state index in [1.54, 1.807) is 20.5 Å². The zero-order valence-corrected chi connectivity index (χ0v) is 13.2. The van der Waals surface area contributed by atoms with Crippen molar-refractivity contribution in [2.75, 3.05) is 19.5 Å². The fourth-order valence-corrected chi connectivity index (χ4v) is 2.61. The van der Waals surface area contributed by atoms with E-state index in [1.807, 2.05) is 46.9 Å². The van der Waals surface area contributed by atoms with Gasteiger partial charge >= 0.3 is 0 Å². The molecule has 4 aromatic rings. The Morgan fingerprint density at radius 2 is 1.92 bits per heavy atom. The Kier molecular flexibility index (Phi) is 3.38. The van der Waals surface area contributed by atoms with E-state index in [0.29, 0.717) is 11.7 Å². The molecule has 0 saturated heterocycles. The second kappa shape index (κ2) is 5.69. The fourth-order valence-electron chi connectivity index (χ4n) is 2.61. The van der Waals surface area contributed by atoms with Crippen LogP contribution in [0.2, 0.25) is 0 Å². The lowest BCUT2D eigenvalue weighted by molar-refractivity contribution is 0.395. The predicted octanol–water partition coefficient (Wildman–Crippen LogP) is 3.04. The molecule has 0 spiro atoms. The summed E-state index contributed by atoms with van der Waals surface area (Å²) in [7, 11) is 3.23. The van der Waals surface area contributed by atoms with Crippen molar-refractivity contribution in [3.05, 3.63) is 48.8 Å². The number of nitrogens with zero attached hydrogens (tertiary/aromatic N) is 4. The first-order valence-electron chi connectivity index (χ1n) is 7.37. The molecule has 0 unspecified atom stereocenters. The summed E-state index contributed by atoms with van der Waals surface area (Å²) in [5.41, 5.74) is 2.36. The van der Waals surface area contributed by atoms with Crippen LogP contribution in [0.3, 0.4) is 0 Å². The zero-order chi connectivity index (χ0) is 16.5. The second-order valence-corrected chi connectivity index (χ2v) is 5.17. The number of ether oxygens (including phenoxy) is 2. The van der Waals surface area contributed by atoms with E-state index in [0.717, 1.165) is 28.0 Å². The topological polar surface area (TPSA) is 73.6 Å². The van der Waals surface area contributed by atoms with Crippen LogP contribution in [0.25, 0.3) is 16.6 Å². The van der Waals surface area contributed by atoms with Crippen LogP contribution >= 0.6 is 0 Å². The minimum Gasteiger partial charge on any atom is -0.497 e. The summed E-state index contributed by atoms with van der Waals surface area (Å²) >= 11 is 0. The number of para-hydroxylation sites is 1. The lowest BCUT2D eigenvalue weighted by Gasteiger charge is -2.13. The summed E-state index contributed by atoms with van der Waals surface area (Å²) in [4.78, 5) is 4.67. The van der Waals surface area contributed by atoms with Crippen LogP contribution in [-0.4, -0.2) is 33.8 Å². The maximum absolute atomic E-state index is 5.43. The number of nitrogens with one attached hydrogen (secondary N) is 1. The lowest BCUT2D eigenvalue weighted by atomic mass is 10.2. The van der Waals surface area contributed by atoms with E-state index in [-0.39, 0.29) is 0 Å². The summed E-state index contributed by atoms with van der Waals surface area (Å²) in [6.07, 6.45) is 1.63. The Balaban J connectivity index is 1.86. The maximum atomic E-state index is 5.43.